The SMILES string of the molecule is O=C(NCc1cccnc1)[C@@H]1C2CCC(C2)C1C1=NC=C(c2ccc(-c3ccc(C4=CN=C(C5C6CCC(C6)[C@@H]5C(=O)NCc5cccnc5)C4)cc3)cc2)C1. The summed E-state index contributed by atoms with van der Waals surface area (Å²) in [7, 11) is 0. The molecule has 8 nitrogen and oxygen atoms in total. The molecule has 8 atom stereocenters. The van der Waals surface area contributed by atoms with Crippen molar-refractivity contribution in [2.45, 2.75) is 64.5 Å². The van der Waals surface area contributed by atoms with Gasteiger partial charge < -0.3 is 10.6 Å². The van der Waals surface area contributed by atoms with Crippen molar-refractivity contribution in [1.29, 1.82) is 0 Å². The molecule has 4 saturated carbocycles. The molecule has 4 heterocycles. The average Bonchev–Trinajstić information content (AvgIpc) is 4.12. The van der Waals surface area contributed by atoms with E-state index >= 15 is 0 Å². The molecule has 6 aliphatic rings. The molecule has 10 rings (SSSR count). The molecule has 2 aliphatic heterocycles. The van der Waals surface area contributed by atoms with E-state index in [0.717, 1.165) is 49.7 Å². The van der Waals surface area contributed by atoms with Crippen molar-refractivity contribution in [3.8, 4) is 11.1 Å². The van der Waals surface area contributed by atoms with Crippen LogP contribution in [0.2, 0.25) is 0 Å². The molecule has 2 amide bonds. The van der Waals surface area contributed by atoms with Gasteiger partial charge in [-0.3, -0.25) is 29.5 Å². The van der Waals surface area contributed by atoms with Gasteiger partial charge in [0.2, 0.25) is 11.8 Å². The minimum absolute atomic E-state index is 0.00457. The number of benzene rings is 2. The molecule has 4 aliphatic carbocycles. The maximum absolute atomic E-state index is 13.6. The van der Waals surface area contributed by atoms with Crippen LogP contribution in [0.15, 0.2) is 120 Å². The third kappa shape index (κ3) is 6.63. The summed E-state index contributed by atoms with van der Waals surface area (Å²) in [6, 6.07) is 25.5. The molecule has 4 bridgehead atoms. The quantitative estimate of drug-likeness (QED) is 0.161. The smallest absolute Gasteiger partial charge is 0.224 e. The molecule has 2 N–H and O–H groups in total. The van der Waals surface area contributed by atoms with Gasteiger partial charge in [-0.25, -0.2) is 0 Å². The third-order valence-electron chi connectivity index (χ3n) is 13.9. The van der Waals surface area contributed by atoms with E-state index in [1.165, 1.54) is 57.7 Å². The number of allylic oxidation sites excluding steroid dienone is 2. The Kier molecular flexibility index (Phi) is 9.28. The van der Waals surface area contributed by atoms with E-state index in [2.05, 4.69) is 69.1 Å². The van der Waals surface area contributed by atoms with E-state index in [9.17, 15) is 9.59 Å². The first-order valence-corrected chi connectivity index (χ1v) is 20.6. The van der Waals surface area contributed by atoms with Gasteiger partial charge in [0, 0.05) is 98.2 Å². The Hall–Kier alpha value is -5.50. The highest BCUT2D eigenvalue weighted by atomic mass is 16.2. The van der Waals surface area contributed by atoms with Gasteiger partial charge in [0.15, 0.2) is 0 Å². The number of nitrogens with one attached hydrogen (secondary N) is 2. The molecule has 282 valence electrons. The number of aromatic nitrogens is 2. The normalized spacial score (nSPS) is 28.5. The van der Waals surface area contributed by atoms with E-state index < -0.39 is 0 Å². The second kappa shape index (κ2) is 14.9. The zero-order valence-corrected chi connectivity index (χ0v) is 31.7. The summed E-state index contributed by atoms with van der Waals surface area (Å²) in [5.41, 5.74) is 11.6. The zero-order valence-electron chi connectivity index (χ0n) is 31.7. The van der Waals surface area contributed by atoms with Crippen LogP contribution in [-0.2, 0) is 22.7 Å². The summed E-state index contributed by atoms with van der Waals surface area (Å²) >= 11 is 0. The number of pyridine rings is 2. The Balaban J connectivity index is 0.750. The van der Waals surface area contributed by atoms with E-state index in [0.29, 0.717) is 36.8 Å². The zero-order chi connectivity index (χ0) is 37.6. The summed E-state index contributed by atoms with van der Waals surface area (Å²) in [4.78, 5) is 45.4. The fourth-order valence-corrected chi connectivity index (χ4v) is 11.3. The highest BCUT2D eigenvalue weighted by molar-refractivity contribution is 6.03. The fraction of sp³-hybridized carbons (Fsp3) is 0.375. The van der Waals surface area contributed by atoms with Gasteiger partial charge >= 0.3 is 0 Å². The van der Waals surface area contributed by atoms with Crippen LogP contribution in [0.25, 0.3) is 22.3 Å². The molecule has 8 heteroatoms. The maximum atomic E-state index is 13.6. The first-order valence-electron chi connectivity index (χ1n) is 20.6. The van der Waals surface area contributed by atoms with Crippen LogP contribution in [0.5, 0.6) is 0 Å². The Bertz CT molecular complexity index is 2080. The monoisotopic (exact) mass is 740 g/mol. The number of carbonyl (C=O) groups excluding carboxylic acids is 2. The number of hydrogen-bond donors (Lipinski definition) is 2. The summed E-state index contributed by atoms with van der Waals surface area (Å²) in [5.74, 6) is 2.80. The van der Waals surface area contributed by atoms with Crippen LogP contribution in [0, 0.1) is 47.3 Å². The van der Waals surface area contributed by atoms with Gasteiger partial charge in [0.1, 0.15) is 0 Å². The van der Waals surface area contributed by atoms with Crippen molar-refractivity contribution in [2.24, 2.45) is 57.3 Å². The summed E-state index contributed by atoms with van der Waals surface area (Å²) < 4.78 is 0. The lowest BCUT2D eigenvalue weighted by Crippen LogP contribution is -2.40. The van der Waals surface area contributed by atoms with Gasteiger partial charge in [-0.05, 0) is 119 Å². The number of aliphatic imine (C=N–C) groups is 2. The number of hydrogen-bond acceptors (Lipinski definition) is 6. The molecule has 0 saturated heterocycles. The van der Waals surface area contributed by atoms with Gasteiger partial charge in [-0.1, -0.05) is 60.7 Å². The van der Waals surface area contributed by atoms with E-state index in [1.54, 1.807) is 12.4 Å². The van der Waals surface area contributed by atoms with Crippen molar-refractivity contribution < 1.29 is 9.59 Å². The molecular weight excluding hydrogens is 693 g/mol. The number of carbonyl (C=O) groups is 2. The van der Waals surface area contributed by atoms with Crippen LogP contribution in [0.4, 0.5) is 0 Å². The number of nitrogens with zero attached hydrogens (tertiary/aromatic N) is 4. The second-order valence-corrected chi connectivity index (χ2v) is 17.0. The Labute approximate surface area is 328 Å². The average molecular weight is 741 g/mol. The molecule has 6 unspecified atom stereocenters. The molecule has 0 radical (unpaired) electrons. The summed E-state index contributed by atoms with van der Waals surface area (Å²) in [6.07, 6.45) is 19.8. The van der Waals surface area contributed by atoms with Gasteiger partial charge in [0.05, 0.1) is 0 Å². The van der Waals surface area contributed by atoms with Crippen LogP contribution < -0.4 is 10.6 Å². The second-order valence-electron chi connectivity index (χ2n) is 17.0. The predicted molar refractivity (Wildman–Crippen MR) is 220 cm³/mol. The van der Waals surface area contributed by atoms with Gasteiger partial charge in [0.25, 0.3) is 0 Å². The van der Waals surface area contributed by atoms with E-state index in [1.807, 2.05) is 49.1 Å². The van der Waals surface area contributed by atoms with Crippen LogP contribution in [-0.4, -0.2) is 33.2 Å². The number of rotatable bonds is 11. The number of amides is 2. The lowest BCUT2D eigenvalue weighted by atomic mass is 9.75. The number of fused-ring (bicyclic) bond motifs is 4. The molecular formula is C48H48N6O2. The van der Waals surface area contributed by atoms with Crippen molar-refractivity contribution in [1.82, 2.24) is 20.6 Å². The minimum atomic E-state index is 0.00457. The molecule has 2 aromatic heterocycles. The van der Waals surface area contributed by atoms with Crippen LogP contribution in [0.3, 0.4) is 0 Å². The standard InChI is InChI=1S/C48H48N6O2/c55-47(53-25-29-3-1-17-49-23-29)45-37-15-13-35(19-37)43(45)41-21-39(27-51-41)33-9-5-31(6-10-33)32-7-11-34(12-8-32)40-22-42(52-28-40)44-36-14-16-38(20-36)46(44)48(56)54-26-30-4-2-18-50-24-30/h1-12,17-18,23-24,27-28,35-38,43-46H,13-16,19-22,25-26H2,(H,53,55)(H,54,56)/t35?,36?,37?,38?,43?,44?,45-,46+. The molecule has 4 fully saturated rings. The van der Waals surface area contributed by atoms with Crippen molar-refractivity contribution >= 4 is 34.4 Å². The maximum Gasteiger partial charge on any atom is 0.224 e. The van der Waals surface area contributed by atoms with Crippen LogP contribution in [0.1, 0.15) is 73.6 Å². The first kappa shape index (κ1) is 35.0. The van der Waals surface area contributed by atoms with Crippen molar-refractivity contribution in [3.05, 3.63) is 132 Å². The van der Waals surface area contributed by atoms with E-state index in [4.69, 9.17) is 9.98 Å². The lowest BCUT2D eigenvalue weighted by Gasteiger charge is -2.30. The van der Waals surface area contributed by atoms with Gasteiger partial charge in [-0.15, -0.1) is 0 Å². The van der Waals surface area contributed by atoms with E-state index in [-0.39, 0.29) is 35.5 Å². The lowest BCUT2D eigenvalue weighted by molar-refractivity contribution is -0.128. The third-order valence-corrected chi connectivity index (χ3v) is 13.9. The first-order chi connectivity index (χ1) is 27.6. The molecule has 56 heavy (non-hydrogen) atoms. The Morgan fingerprint density at radius 1 is 0.536 bits per heavy atom. The highest BCUT2D eigenvalue weighted by Gasteiger charge is 2.54. The molecule has 0 spiro atoms. The summed E-state index contributed by atoms with van der Waals surface area (Å²) in [5, 5.41) is 6.44. The largest absolute Gasteiger partial charge is 0.352 e. The minimum Gasteiger partial charge on any atom is -0.352 e. The highest BCUT2D eigenvalue weighted by Crippen LogP contribution is 2.55. The fourth-order valence-electron chi connectivity index (χ4n) is 11.3. The molecule has 4 aromatic rings. The van der Waals surface area contributed by atoms with Crippen molar-refractivity contribution in [3.63, 3.8) is 0 Å². The van der Waals surface area contributed by atoms with Crippen LogP contribution >= 0.6 is 0 Å². The predicted octanol–water partition coefficient (Wildman–Crippen LogP) is 8.47. The van der Waals surface area contributed by atoms with Gasteiger partial charge in [-0.2, -0.15) is 0 Å². The molecule has 2 aromatic carbocycles. The Morgan fingerprint density at radius 3 is 1.36 bits per heavy atom. The topological polar surface area (TPSA) is 109 Å². The van der Waals surface area contributed by atoms with Crippen molar-refractivity contribution in [2.75, 3.05) is 0 Å². The summed E-state index contributed by atoms with van der Waals surface area (Å²) in [6.45, 7) is 1.03. The Morgan fingerprint density at radius 2 is 0.946 bits per heavy atom.